The molecule has 3 rings (SSSR count). The number of hydrogen-bond acceptors (Lipinski definition) is 4. The largest absolute Gasteiger partial charge is 0.354 e. The summed E-state index contributed by atoms with van der Waals surface area (Å²) in [4.78, 5) is 28.1. The van der Waals surface area contributed by atoms with Crippen molar-refractivity contribution in [2.24, 2.45) is 5.92 Å². The summed E-state index contributed by atoms with van der Waals surface area (Å²) in [6.45, 7) is 7.41. The van der Waals surface area contributed by atoms with Gasteiger partial charge >= 0.3 is 0 Å². The Labute approximate surface area is 238 Å². The third-order valence-corrected chi connectivity index (χ3v) is 8.44. The van der Waals surface area contributed by atoms with E-state index in [1.165, 1.54) is 4.90 Å². The van der Waals surface area contributed by atoms with Crippen LogP contribution in [0.4, 0.5) is 10.1 Å². The number of benzene rings is 3. The summed E-state index contributed by atoms with van der Waals surface area (Å²) in [6.07, 6.45) is 0. The molecule has 2 amide bonds. The molecule has 0 aliphatic carbocycles. The second kappa shape index (κ2) is 13.2. The number of anilines is 1. The Balaban J connectivity index is 2.00. The molecular formula is C29H33BrFN3O4S. The van der Waals surface area contributed by atoms with Crippen LogP contribution in [0.25, 0.3) is 0 Å². The normalized spacial score (nSPS) is 12.2. The molecular weight excluding hydrogens is 585 g/mol. The van der Waals surface area contributed by atoms with Gasteiger partial charge in [-0.15, -0.1) is 0 Å². The molecule has 0 saturated carbocycles. The molecule has 1 N–H and O–H groups in total. The van der Waals surface area contributed by atoms with Gasteiger partial charge in [0.1, 0.15) is 18.4 Å². The van der Waals surface area contributed by atoms with E-state index in [0.29, 0.717) is 6.54 Å². The van der Waals surface area contributed by atoms with E-state index in [-0.39, 0.29) is 29.0 Å². The summed E-state index contributed by atoms with van der Waals surface area (Å²) < 4.78 is 42.8. The number of carbonyl (C=O) groups is 2. The van der Waals surface area contributed by atoms with E-state index in [1.807, 2.05) is 45.0 Å². The molecule has 0 aromatic heterocycles. The first-order valence-corrected chi connectivity index (χ1v) is 14.8. The highest BCUT2D eigenvalue weighted by molar-refractivity contribution is 9.10. The van der Waals surface area contributed by atoms with Crippen LogP contribution in [0.3, 0.4) is 0 Å². The van der Waals surface area contributed by atoms with Crippen LogP contribution >= 0.6 is 15.9 Å². The molecule has 7 nitrogen and oxygen atoms in total. The van der Waals surface area contributed by atoms with Crippen LogP contribution in [0.5, 0.6) is 0 Å². The lowest BCUT2D eigenvalue weighted by atomic mass is 10.1. The molecule has 0 fully saturated rings. The summed E-state index contributed by atoms with van der Waals surface area (Å²) in [6, 6.07) is 17.6. The minimum Gasteiger partial charge on any atom is -0.354 e. The first kappa shape index (κ1) is 30.3. The molecule has 1 unspecified atom stereocenters. The highest BCUT2D eigenvalue weighted by atomic mass is 79.9. The van der Waals surface area contributed by atoms with Gasteiger partial charge < -0.3 is 10.2 Å². The Morgan fingerprint density at radius 3 is 2.08 bits per heavy atom. The summed E-state index contributed by atoms with van der Waals surface area (Å²) in [5.74, 6) is -1.25. The van der Waals surface area contributed by atoms with Crippen LogP contribution in [0.1, 0.15) is 31.9 Å². The average molecular weight is 619 g/mol. The van der Waals surface area contributed by atoms with Gasteiger partial charge in [0.25, 0.3) is 10.0 Å². The molecule has 0 saturated heterocycles. The second-order valence-corrected chi connectivity index (χ2v) is 12.5. The molecule has 0 radical (unpaired) electrons. The third kappa shape index (κ3) is 8.12. The van der Waals surface area contributed by atoms with Crippen LogP contribution in [0.15, 0.2) is 82.2 Å². The van der Waals surface area contributed by atoms with Gasteiger partial charge in [0.15, 0.2) is 0 Å². The maximum atomic E-state index is 13.9. The minimum absolute atomic E-state index is 0.0979. The van der Waals surface area contributed by atoms with Crippen LogP contribution in [0.2, 0.25) is 0 Å². The molecule has 1 atom stereocenters. The Morgan fingerprint density at radius 1 is 0.923 bits per heavy atom. The Kier molecular flexibility index (Phi) is 10.3. The van der Waals surface area contributed by atoms with E-state index >= 15 is 0 Å². The van der Waals surface area contributed by atoms with Crippen molar-refractivity contribution in [2.75, 3.05) is 17.4 Å². The van der Waals surface area contributed by atoms with E-state index in [9.17, 15) is 22.4 Å². The Bertz CT molecular complexity index is 1380. The number of rotatable bonds is 11. The number of hydrogen-bond donors (Lipinski definition) is 1. The van der Waals surface area contributed by atoms with Gasteiger partial charge in [-0.25, -0.2) is 12.8 Å². The number of nitrogens with one attached hydrogen (secondary N) is 1. The van der Waals surface area contributed by atoms with Gasteiger partial charge in [-0.3, -0.25) is 13.9 Å². The van der Waals surface area contributed by atoms with Gasteiger partial charge in [-0.2, -0.15) is 0 Å². The fourth-order valence-corrected chi connectivity index (χ4v) is 5.47. The van der Waals surface area contributed by atoms with Crippen molar-refractivity contribution in [3.63, 3.8) is 0 Å². The Hall–Kier alpha value is -3.24. The molecule has 0 heterocycles. The fraction of sp³-hybridized carbons (Fsp3) is 0.310. The maximum Gasteiger partial charge on any atom is 0.264 e. The zero-order valence-electron chi connectivity index (χ0n) is 22.4. The van der Waals surface area contributed by atoms with Crippen LogP contribution in [-0.4, -0.2) is 44.3 Å². The van der Waals surface area contributed by atoms with E-state index < -0.39 is 34.3 Å². The third-order valence-electron chi connectivity index (χ3n) is 6.12. The highest BCUT2D eigenvalue weighted by Gasteiger charge is 2.32. The number of carbonyl (C=O) groups excluding carboxylic acids is 2. The van der Waals surface area contributed by atoms with Crippen LogP contribution in [0, 0.1) is 18.7 Å². The SMILES string of the molecule is Cc1ccc(N(CC(=O)N(Cc2ccc(Br)cc2)C(C)C(=O)NCC(C)C)S(=O)(=O)c2ccc(F)cc2)cc1. The minimum atomic E-state index is -4.25. The zero-order chi connectivity index (χ0) is 28.7. The molecule has 0 aliphatic rings. The molecule has 208 valence electrons. The molecule has 3 aromatic rings. The van der Waals surface area contributed by atoms with Crippen molar-refractivity contribution >= 4 is 43.5 Å². The first-order valence-electron chi connectivity index (χ1n) is 12.5. The fourth-order valence-electron chi connectivity index (χ4n) is 3.80. The van der Waals surface area contributed by atoms with Gasteiger partial charge in [0.05, 0.1) is 10.6 Å². The number of aryl methyl sites for hydroxylation is 1. The second-order valence-electron chi connectivity index (χ2n) is 9.76. The molecule has 10 heteroatoms. The molecule has 0 spiro atoms. The lowest BCUT2D eigenvalue weighted by molar-refractivity contribution is -0.139. The zero-order valence-corrected chi connectivity index (χ0v) is 24.8. The van der Waals surface area contributed by atoms with E-state index in [0.717, 1.165) is 44.2 Å². The maximum absolute atomic E-state index is 13.9. The number of sulfonamides is 1. The van der Waals surface area contributed by atoms with Crippen LogP contribution in [-0.2, 0) is 26.2 Å². The van der Waals surface area contributed by atoms with Gasteiger partial charge in [-0.05, 0) is 73.9 Å². The Morgan fingerprint density at radius 2 is 1.51 bits per heavy atom. The van der Waals surface area contributed by atoms with Crippen molar-refractivity contribution in [3.05, 3.63) is 94.2 Å². The molecule has 39 heavy (non-hydrogen) atoms. The number of amides is 2. The van der Waals surface area contributed by atoms with Crippen molar-refractivity contribution < 1.29 is 22.4 Å². The van der Waals surface area contributed by atoms with Crippen molar-refractivity contribution in [1.29, 1.82) is 0 Å². The predicted molar refractivity (Wildman–Crippen MR) is 154 cm³/mol. The molecule has 0 aliphatic heterocycles. The van der Waals surface area contributed by atoms with Crippen molar-refractivity contribution in [2.45, 2.75) is 45.2 Å². The van der Waals surface area contributed by atoms with E-state index in [2.05, 4.69) is 21.2 Å². The van der Waals surface area contributed by atoms with Gasteiger partial charge in [0, 0.05) is 17.6 Å². The van der Waals surface area contributed by atoms with Gasteiger partial charge in [0.2, 0.25) is 11.8 Å². The lowest BCUT2D eigenvalue weighted by Gasteiger charge is -2.32. The van der Waals surface area contributed by atoms with Crippen LogP contribution < -0.4 is 9.62 Å². The quantitative estimate of drug-likeness (QED) is 0.317. The summed E-state index contributed by atoms with van der Waals surface area (Å²) >= 11 is 3.40. The summed E-state index contributed by atoms with van der Waals surface area (Å²) in [5.41, 5.74) is 1.97. The smallest absolute Gasteiger partial charge is 0.264 e. The summed E-state index contributed by atoms with van der Waals surface area (Å²) in [5, 5.41) is 2.86. The number of halogens is 2. The van der Waals surface area contributed by atoms with Gasteiger partial charge in [-0.1, -0.05) is 59.6 Å². The molecule has 3 aromatic carbocycles. The summed E-state index contributed by atoms with van der Waals surface area (Å²) in [7, 11) is -4.25. The van der Waals surface area contributed by atoms with E-state index in [4.69, 9.17) is 0 Å². The molecule has 0 bridgehead atoms. The standard InChI is InChI=1S/C29H33BrFN3O4S/c1-20(2)17-32-29(36)22(4)33(18-23-7-9-24(30)10-8-23)28(35)19-34(26-13-5-21(3)6-14-26)39(37,38)27-15-11-25(31)12-16-27/h5-16,20,22H,17-19H2,1-4H3,(H,32,36). The topological polar surface area (TPSA) is 86.8 Å². The monoisotopic (exact) mass is 617 g/mol. The van der Waals surface area contributed by atoms with Crippen molar-refractivity contribution in [3.8, 4) is 0 Å². The van der Waals surface area contributed by atoms with Crippen molar-refractivity contribution in [1.82, 2.24) is 10.2 Å². The van der Waals surface area contributed by atoms with E-state index in [1.54, 1.807) is 31.2 Å². The lowest BCUT2D eigenvalue weighted by Crippen LogP contribution is -2.51. The number of nitrogens with zero attached hydrogens (tertiary/aromatic N) is 2. The first-order chi connectivity index (χ1) is 18.4. The predicted octanol–water partition coefficient (Wildman–Crippen LogP) is 5.28. The average Bonchev–Trinajstić information content (AvgIpc) is 2.90. The highest BCUT2D eigenvalue weighted by Crippen LogP contribution is 2.25.